The molecule has 1 fully saturated rings. The third kappa shape index (κ3) is 2.30. The van der Waals surface area contributed by atoms with Crippen molar-refractivity contribution >= 4 is 11.6 Å². The predicted molar refractivity (Wildman–Crippen MR) is 79.7 cm³/mol. The fourth-order valence-corrected chi connectivity index (χ4v) is 2.97. The molecule has 2 N–H and O–H groups in total. The molecule has 6 heteroatoms. The quantitative estimate of drug-likeness (QED) is 0.753. The van der Waals surface area contributed by atoms with Crippen LogP contribution in [0.2, 0.25) is 0 Å². The van der Waals surface area contributed by atoms with Gasteiger partial charge in [-0.05, 0) is 25.3 Å². The van der Waals surface area contributed by atoms with Gasteiger partial charge in [0.25, 0.3) is 0 Å². The third-order valence-corrected chi connectivity index (χ3v) is 4.08. The Morgan fingerprint density at radius 1 is 0.864 bits per heavy atom. The van der Waals surface area contributed by atoms with Gasteiger partial charge in [-0.1, -0.05) is 12.2 Å². The van der Waals surface area contributed by atoms with Crippen LogP contribution in [0.15, 0.2) is 47.3 Å². The van der Waals surface area contributed by atoms with Crippen LogP contribution in [-0.2, 0) is 9.59 Å². The van der Waals surface area contributed by atoms with Crippen molar-refractivity contribution in [3.8, 4) is 0 Å². The van der Waals surface area contributed by atoms with Crippen molar-refractivity contribution in [2.75, 3.05) is 19.6 Å². The molecule has 6 nitrogen and oxygen atoms in total. The van der Waals surface area contributed by atoms with Gasteiger partial charge in [-0.15, -0.1) is 0 Å². The van der Waals surface area contributed by atoms with Crippen molar-refractivity contribution in [1.82, 2.24) is 9.80 Å². The Morgan fingerprint density at radius 3 is 2.14 bits per heavy atom. The van der Waals surface area contributed by atoms with Crippen LogP contribution in [0.4, 0.5) is 0 Å². The summed E-state index contributed by atoms with van der Waals surface area (Å²) in [5.74, 6) is -2.56. The monoisotopic (exact) mass is 302 g/mol. The van der Waals surface area contributed by atoms with E-state index in [0.717, 1.165) is 19.3 Å². The number of aliphatic hydroxyl groups excluding tert-OH is 2. The zero-order chi connectivity index (χ0) is 15.7. The summed E-state index contributed by atoms with van der Waals surface area (Å²) in [4.78, 5) is 28.0. The molecule has 0 unspecified atom stereocenters. The van der Waals surface area contributed by atoms with Gasteiger partial charge in [0, 0.05) is 25.8 Å². The average molecular weight is 302 g/mol. The Balaban J connectivity index is 1.95. The van der Waals surface area contributed by atoms with Gasteiger partial charge < -0.3 is 20.0 Å². The molecule has 0 atom stereocenters. The lowest BCUT2D eigenvalue weighted by atomic mass is 9.98. The van der Waals surface area contributed by atoms with Crippen LogP contribution in [0, 0.1) is 0 Å². The third-order valence-electron chi connectivity index (χ3n) is 4.08. The minimum absolute atomic E-state index is 0.0671. The lowest BCUT2D eigenvalue weighted by Crippen LogP contribution is -2.40. The molecule has 1 saturated heterocycles. The van der Waals surface area contributed by atoms with Crippen molar-refractivity contribution in [2.45, 2.75) is 19.3 Å². The van der Waals surface area contributed by atoms with Gasteiger partial charge in [-0.3, -0.25) is 9.59 Å². The predicted octanol–water partition coefficient (Wildman–Crippen LogP) is 1.55. The minimum atomic E-state index is -0.711. The van der Waals surface area contributed by atoms with Crippen molar-refractivity contribution < 1.29 is 19.8 Å². The molecule has 0 amide bonds. The molecule has 0 spiro atoms. The Bertz CT molecular complexity index is 637. The molecule has 3 aliphatic rings. The number of carbonyl (C=O) groups is 2. The first-order valence-electron chi connectivity index (χ1n) is 7.42. The van der Waals surface area contributed by atoms with Crippen LogP contribution in [-0.4, -0.2) is 51.2 Å². The van der Waals surface area contributed by atoms with Crippen LogP contribution in [0.3, 0.4) is 0 Å². The fraction of sp³-hybridized carbons (Fsp3) is 0.375. The summed E-state index contributed by atoms with van der Waals surface area (Å²) in [6.45, 7) is 1.57. The molecule has 0 aromatic heterocycles. The highest BCUT2D eigenvalue weighted by Crippen LogP contribution is 2.29. The Kier molecular flexibility index (Phi) is 3.75. The largest absolute Gasteiger partial charge is 0.503 e. The van der Waals surface area contributed by atoms with E-state index in [9.17, 15) is 19.8 Å². The van der Waals surface area contributed by atoms with Crippen LogP contribution in [0.25, 0.3) is 0 Å². The second kappa shape index (κ2) is 5.71. The van der Waals surface area contributed by atoms with Crippen molar-refractivity contribution in [3.63, 3.8) is 0 Å². The van der Waals surface area contributed by atoms with Crippen molar-refractivity contribution in [1.29, 1.82) is 0 Å². The summed E-state index contributed by atoms with van der Waals surface area (Å²) in [6.07, 6.45) is 9.74. The summed E-state index contributed by atoms with van der Waals surface area (Å²) in [5.41, 5.74) is -0.230. The van der Waals surface area contributed by atoms with E-state index >= 15 is 0 Å². The summed E-state index contributed by atoms with van der Waals surface area (Å²) < 4.78 is 0. The number of rotatable bonds is 2. The van der Waals surface area contributed by atoms with Gasteiger partial charge >= 0.3 is 0 Å². The maximum absolute atomic E-state index is 12.4. The zero-order valence-electron chi connectivity index (χ0n) is 12.2. The van der Waals surface area contributed by atoms with E-state index in [-0.39, 0.29) is 11.4 Å². The van der Waals surface area contributed by atoms with Crippen molar-refractivity contribution in [3.05, 3.63) is 47.3 Å². The molecule has 2 heterocycles. The van der Waals surface area contributed by atoms with E-state index in [1.807, 2.05) is 0 Å². The standard InChI is InChI=1S/C16H18N2O4/c19-13-11(17-7-3-1-4-8-17)14(20)16(22)12(15(13)21)18-9-5-2-6-10-18/h1,3-4,7,19,22H,2,5-6,8-10H2. The lowest BCUT2D eigenvalue weighted by molar-refractivity contribution is -0.122. The number of carbonyl (C=O) groups excluding carboxylic acids is 2. The summed E-state index contributed by atoms with van der Waals surface area (Å²) in [7, 11) is 0. The number of Topliss-reactive ketones (excluding diaryl/α,β-unsaturated/α-hetero) is 2. The molecule has 116 valence electrons. The molecule has 0 bridgehead atoms. The minimum Gasteiger partial charge on any atom is -0.503 e. The summed E-state index contributed by atoms with van der Waals surface area (Å²) >= 11 is 0. The average Bonchev–Trinajstić information content (AvgIpc) is 2.55. The van der Waals surface area contributed by atoms with Crippen LogP contribution >= 0.6 is 0 Å². The molecular weight excluding hydrogens is 284 g/mol. The van der Waals surface area contributed by atoms with Crippen LogP contribution in [0.1, 0.15) is 19.3 Å². The molecule has 1 aliphatic carbocycles. The molecular formula is C16H18N2O4. The number of piperidine rings is 1. The first-order chi connectivity index (χ1) is 10.6. The molecule has 0 aromatic carbocycles. The van der Waals surface area contributed by atoms with Crippen LogP contribution in [0.5, 0.6) is 0 Å². The van der Waals surface area contributed by atoms with Gasteiger partial charge in [0.15, 0.2) is 11.5 Å². The topological polar surface area (TPSA) is 81.1 Å². The molecule has 2 aliphatic heterocycles. The van der Waals surface area contributed by atoms with Gasteiger partial charge in [0.05, 0.1) is 0 Å². The number of hydrogen-bond acceptors (Lipinski definition) is 6. The Hall–Kier alpha value is -2.50. The van der Waals surface area contributed by atoms with E-state index in [1.54, 1.807) is 29.3 Å². The first-order valence-corrected chi connectivity index (χ1v) is 7.42. The highest BCUT2D eigenvalue weighted by atomic mass is 16.3. The van der Waals surface area contributed by atoms with E-state index in [2.05, 4.69) is 0 Å². The highest BCUT2D eigenvalue weighted by Gasteiger charge is 2.39. The Morgan fingerprint density at radius 2 is 1.50 bits per heavy atom. The molecule has 22 heavy (non-hydrogen) atoms. The van der Waals surface area contributed by atoms with Crippen molar-refractivity contribution in [2.24, 2.45) is 0 Å². The second-order valence-corrected chi connectivity index (χ2v) is 5.52. The first kappa shape index (κ1) is 14.4. The second-order valence-electron chi connectivity index (χ2n) is 5.52. The van der Waals surface area contributed by atoms with Gasteiger partial charge in [-0.2, -0.15) is 0 Å². The number of nitrogens with zero attached hydrogens (tertiary/aromatic N) is 2. The number of allylic oxidation sites excluding steroid dienone is 2. The van der Waals surface area contributed by atoms with Gasteiger partial charge in [0.2, 0.25) is 11.6 Å². The van der Waals surface area contributed by atoms with Gasteiger partial charge in [-0.25, -0.2) is 0 Å². The molecule has 0 aromatic rings. The maximum atomic E-state index is 12.4. The number of likely N-dealkylation sites (tertiary alicyclic amines) is 1. The molecule has 3 rings (SSSR count). The van der Waals surface area contributed by atoms with E-state index in [1.165, 1.54) is 4.90 Å². The van der Waals surface area contributed by atoms with E-state index in [0.29, 0.717) is 19.6 Å². The highest BCUT2D eigenvalue weighted by molar-refractivity contribution is 6.22. The number of aliphatic hydroxyl groups is 2. The SMILES string of the molecule is O=C1C(O)=C(N2CCCCC2)C(=O)C(O)=C1N1C=CC=CC1. The molecule has 0 saturated carbocycles. The summed E-state index contributed by atoms with van der Waals surface area (Å²) in [5, 5.41) is 20.4. The summed E-state index contributed by atoms with van der Waals surface area (Å²) in [6, 6.07) is 0. The lowest BCUT2D eigenvalue weighted by Gasteiger charge is -2.33. The maximum Gasteiger partial charge on any atom is 0.249 e. The number of ketones is 2. The van der Waals surface area contributed by atoms with E-state index < -0.39 is 23.1 Å². The number of hydrogen-bond donors (Lipinski definition) is 2. The molecule has 0 radical (unpaired) electrons. The Labute approximate surface area is 128 Å². The smallest absolute Gasteiger partial charge is 0.249 e. The normalized spacial score (nSPS) is 22.9. The fourth-order valence-electron chi connectivity index (χ4n) is 2.97. The zero-order valence-corrected chi connectivity index (χ0v) is 12.2. The van der Waals surface area contributed by atoms with Crippen LogP contribution < -0.4 is 0 Å². The van der Waals surface area contributed by atoms with E-state index in [4.69, 9.17) is 0 Å². The van der Waals surface area contributed by atoms with Gasteiger partial charge in [0.1, 0.15) is 11.4 Å².